The molecule has 1 atom stereocenters. The fourth-order valence-electron chi connectivity index (χ4n) is 2.32. The van der Waals surface area contributed by atoms with Gasteiger partial charge in [0.05, 0.1) is 24.5 Å². The largest absolute Gasteiger partial charge is 0.493 e. The molecular weight excluding hydrogens is 238 g/mol. The molecule has 3 rings (SSSR count). The maximum absolute atomic E-state index is 5.79. The number of rotatable bonds is 2. The predicted molar refractivity (Wildman–Crippen MR) is 76.3 cm³/mol. The van der Waals surface area contributed by atoms with E-state index in [1.807, 2.05) is 31.2 Å². The molecule has 3 N–H and O–H groups in total. The molecule has 1 aromatic carbocycles. The molecule has 1 aliphatic rings. The van der Waals surface area contributed by atoms with E-state index < -0.39 is 0 Å². The van der Waals surface area contributed by atoms with E-state index in [1.165, 1.54) is 5.56 Å². The third-order valence-electron chi connectivity index (χ3n) is 3.43. The van der Waals surface area contributed by atoms with Crippen LogP contribution >= 0.6 is 0 Å². The number of anilines is 2. The van der Waals surface area contributed by atoms with Gasteiger partial charge in [-0.3, -0.25) is 0 Å². The number of hydrogen-bond acceptors (Lipinski definition) is 4. The number of pyridine rings is 1. The van der Waals surface area contributed by atoms with Gasteiger partial charge in [-0.05, 0) is 24.6 Å². The van der Waals surface area contributed by atoms with Crippen LogP contribution in [0.5, 0.6) is 5.75 Å². The number of nitrogens with zero attached hydrogens (tertiary/aromatic N) is 1. The van der Waals surface area contributed by atoms with E-state index in [0.29, 0.717) is 0 Å². The van der Waals surface area contributed by atoms with Gasteiger partial charge in [0, 0.05) is 12.0 Å². The van der Waals surface area contributed by atoms with Crippen molar-refractivity contribution in [2.45, 2.75) is 19.4 Å². The Hall–Kier alpha value is -2.23. The molecule has 0 spiro atoms. The second kappa shape index (κ2) is 4.80. The number of fused-ring (bicyclic) bond motifs is 1. The highest BCUT2D eigenvalue weighted by Gasteiger charge is 2.21. The molecule has 0 bridgehead atoms. The average molecular weight is 255 g/mol. The molecule has 19 heavy (non-hydrogen) atoms. The second-order valence-corrected chi connectivity index (χ2v) is 4.80. The van der Waals surface area contributed by atoms with Crippen LogP contribution in [-0.2, 0) is 0 Å². The van der Waals surface area contributed by atoms with Crippen LogP contribution in [0, 0.1) is 6.92 Å². The van der Waals surface area contributed by atoms with Crippen LogP contribution in [0.3, 0.4) is 0 Å². The zero-order valence-electron chi connectivity index (χ0n) is 10.9. The van der Waals surface area contributed by atoms with Crippen LogP contribution in [0.4, 0.5) is 11.5 Å². The smallest absolute Gasteiger partial charge is 0.126 e. The molecule has 0 aliphatic carbocycles. The molecular formula is C15H17N3O. The highest BCUT2D eigenvalue weighted by Crippen LogP contribution is 2.33. The van der Waals surface area contributed by atoms with Gasteiger partial charge < -0.3 is 15.8 Å². The van der Waals surface area contributed by atoms with Gasteiger partial charge in [0.15, 0.2) is 0 Å². The summed E-state index contributed by atoms with van der Waals surface area (Å²) < 4.78 is 5.65. The molecule has 2 heterocycles. The lowest BCUT2D eigenvalue weighted by molar-refractivity contribution is 0.274. The van der Waals surface area contributed by atoms with E-state index in [1.54, 1.807) is 6.20 Å². The summed E-state index contributed by atoms with van der Waals surface area (Å²) in [6, 6.07) is 10.3. The third-order valence-corrected chi connectivity index (χ3v) is 3.43. The van der Waals surface area contributed by atoms with E-state index in [-0.39, 0.29) is 6.04 Å². The monoisotopic (exact) mass is 255 g/mol. The van der Waals surface area contributed by atoms with Crippen LogP contribution < -0.4 is 15.8 Å². The number of benzene rings is 1. The fraction of sp³-hybridized carbons (Fsp3) is 0.267. The van der Waals surface area contributed by atoms with Gasteiger partial charge in [-0.25, -0.2) is 4.98 Å². The molecule has 1 aliphatic heterocycles. The van der Waals surface area contributed by atoms with E-state index in [4.69, 9.17) is 10.5 Å². The molecule has 4 nitrogen and oxygen atoms in total. The van der Waals surface area contributed by atoms with Crippen molar-refractivity contribution in [2.24, 2.45) is 0 Å². The van der Waals surface area contributed by atoms with Crippen LogP contribution in [0.25, 0.3) is 0 Å². The van der Waals surface area contributed by atoms with E-state index in [0.717, 1.165) is 35.8 Å². The maximum Gasteiger partial charge on any atom is 0.126 e. The van der Waals surface area contributed by atoms with E-state index >= 15 is 0 Å². The van der Waals surface area contributed by atoms with Crippen molar-refractivity contribution in [1.29, 1.82) is 0 Å². The third kappa shape index (κ3) is 2.34. The van der Waals surface area contributed by atoms with Gasteiger partial charge in [0.2, 0.25) is 0 Å². The van der Waals surface area contributed by atoms with E-state index in [2.05, 4.69) is 16.4 Å². The Balaban J connectivity index is 1.86. The Bertz CT molecular complexity index is 598. The number of para-hydroxylation sites is 1. The summed E-state index contributed by atoms with van der Waals surface area (Å²) in [5.41, 5.74) is 8.73. The molecule has 1 unspecified atom stereocenters. The first-order valence-corrected chi connectivity index (χ1v) is 6.44. The standard InChI is InChI=1S/C15H17N3O/c1-10-8-15(17-9-12(10)16)18-13-6-7-19-14-5-3-2-4-11(13)14/h2-5,8-9,13H,6-7,16H2,1H3,(H,17,18). The zero-order valence-corrected chi connectivity index (χ0v) is 10.9. The van der Waals surface area contributed by atoms with Crippen LogP contribution in [0.1, 0.15) is 23.6 Å². The molecule has 4 heteroatoms. The Labute approximate surface area is 112 Å². The summed E-state index contributed by atoms with van der Waals surface area (Å²) >= 11 is 0. The Morgan fingerprint density at radius 3 is 3.05 bits per heavy atom. The summed E-state index contributed by atoms with van der Waals surface area (Å²) in [5, 5.41) is 3.46. The quantitative estimate of drug-likeness (QED) is 0.866. The number of nitrogens with two attached hydrogens (primary N) is 1. The fourth-order valence-corrected chi connectivity index (χ4v) is 2.32. The molecule has 0 saturated carbocycles. The number of nitrogen functional groups attached to an aromatic ring is 1. The number of aryl methyl sites for hydroxylation is 1. The highest BCUT2D eigenvalue weighted by atomic mass is 16.5. The summed E-state index contributed by atoms with van der Waals surface area (Å²) in [5.74, 6) is 1.81. The first-order chi connectivity index (χ1) is 9.24. The molecule has 1 aromatic heterocycles. The molecule has 2 aromatic rings. The lowest BCUT2D eigenvalue weighted by Gasteiger charge is -2.27. The minimum Gasteiger partial charge on any atom is -0.493 e. The predicted octanol–water partition coefficient (Wildman–Crippen LogP) is 2.91. The minimum atomic E-state index is 0.237. The Morgan fingerprint density at radius 1 is 1.37 bits per heavy atom. The maximum atomic E-state index is 5.79. The number of hydrogen-bond donors (Lipinski definition) is 2. The van der Waals surface area contributed by atoms with Crippen LogP contribution in [0.15, 0.2) is 36.5 Å². The Morgan fingerprint density at radius 2 is 2.21 bits per heavy atom. The summed E-state index contributed by atoms with van der Waals surface area (Å²) in [4.78, 5) is 4.33. The van der Waals surface area contributed by atoms with Crippen LogP contribution in [-0.4, -0.2) is 11.6 Å². The van der Waals surface area contributed by atoms with Crippen molar-refractivity contribution in [3.63, 3.8) is 0 Å². The van der Waals surface area contributed by atoms with Gasteiger partial charge in [-0.1, -0.05) is 18.2 Å². The van der Waals surface area contributed by atoms with Crippen LogP contribution in [0.2, 0.25) is 0 Å². The summed E-state index contributed by atoms with van der Waals surface area (Å²) in [7, 11) is 0. The minimum absolute atomic E-state index is 0.237. The topological polar surface area (TPSA) is 60.2 Å². The van der Waals surface area contributed by atoms with Crippen molar-refractivity contribution < 1.29 is 4.74 Å². The first-order valence-electron chi connectivity index (χ1n) is 6.44. The van der Waals surface area contributed by atoms with Gasteiger partial charge >= 0.3 is 0 Å². The first kappa shape index (κ1) is 11.8. The zero-order chi connectivity index (χ0) is 13.2. The molecule has 0 amide bonds. The molecule has 98 valence electrons. The highest BCUT2D eigenvalue weighted by molar-refractivity contribution is 5.52. The average Bonchev–Trinajstić information content (AvgIpc) is 2.43. The van der Waals surface area contributed by atoms with Crippen molar-refractivity contribution in [3.8, 4) is 5.75 Å². The Kier molecular flexibility index (Phi) is 2.99. The normalized spacial score (nSPS) is 17.4. The van der Waals surface area contributed by atoms with E-state index in [9.17, 15) is 0 Å². The summed E-state index contributed by atoms with van der Waals surface area (Å²) in [6.07, 6.45) is 2.63. The van der Waals surface area contributed by atoms with Gasteiger partial charge in [0.25, 0.3) is 0 Å². The van der Waals surface area contributed by atoms with Gasteiger partial charge in [-0.15, -0.1) is 0 Å². The lowest BCUT2D eigenvalue weighted by Crippen LogP contribution is -2.20. The van der Waals surface area contributed by atoms with Gasteiger partial charge in [0.1, 0.15) is 11.6 Å². The van der Waals surface area contributed by atoms with Crippen molar-refractivity contribution >= 4 is 11.5 Å². The second-order valence-electron chi connectivity index (χ2n) is 4.80. The molecule has 0 fully saturated rings. The lowest BCUT2D eigenvalue weighted by atomic mass is 10.0. The van der Waals surface area contributed by atoms with Gasteiger partial charge in [-0.2, -0.15) is 0 Å². The van der Waals surface area contributed by atoms with Crippen molar-refractivity contribution in [2.75, 3.05) is 17.7 Å². The molecule has 0 saturated heterocycles. The molecule has 0 radical (unpaired) electrons. The summed E-state index contributed by atoms with van der Waals surface area (Å²) in [6.45, 7) is 2.71. The number of ether oxygens (including phenoxy) is 1. The SMILES string of the molecule is Cc1cc(NC2CCOc3ccccc32)ncc1N. The number of nitrogens with one attached hydrogen (secondary N) is 1. The van der Waals surface area contributed by atoms with Crippen molar-refractivity contribution in [1.82, 2.24) is 4.98 Å². The number of aromatic nitrogens is 1. The van der Waals surface area contributed by atoms with Crippen molar-refractivity contribution in [3.05, 3.63) is 47.7 Å².